The number of carboxylic acid groups (broad SMARTS) is 1. The average Bonchev–Trinajstić information content (AvgIpc) is 2.49. The van der Waals surface area contributed by atoms with Crippen LogP contribution in [-0.2, 0) is 9.59 Å². The number of likely N-dealkylation sites (tertiary alicyclic amines) is 1. The van der Waals surface area contributed by atoms with Gasteiger partial charge in [-0.05, 0) is 38.8 Å². The van der Waals surface area contributed by atoms with Crippen molar-refractivity contribution in [2.75, 3.05) is 13.1 Å². The molecule has 1 N–H and O–H groups in total. The Kier molecular flexibility index (Phi) is 4.83. The highest BCUT2D eigenvalue weighted by atomic mass is 16.5. The molecule has 1 aliphatic heterocycles. The Labute approximate surface area is 124 Å². The summed E-state index contributed by atoms with van der Waals surface area (Å²) in [4.78, 5) is 24.9. The molecule has 1 heterocycles. The third-order valence-corrected chi connectivity index (χ3v) is 3.84. The Balaban J connectivity index is 1.88. The number of aryl methyl sites for hydroxylation is 1. The van der Waals surface area contributed by atoms with E-state index < -0.39 is 12.1 Å². The topological polar surface area (TPSA) is 66.8 Å². The van der Waals surface area contributed by atoms with Crippen LogP contribution in [0, 0.1) is 12.8 Å². The molecule has 5 heteroatoms. The molecule has 0 bridgehead atoms. The lowest BCUT2D eigenvalue weighted by Crippen LogP contribution is -2.45. The van der Waals surface area contributed by atoms with E-state index in [9.17, 15) is 9.59 Å². The number of piperidine rings is 1. The number of rotatable bonds is 4. The molecular weight excluding hydrogens is 270 g/mol. The molecule has 0 saturated carbocycles. The van der Waals surface area contributed by atoms with Crippen LogP contribution >= 0.6 is 0 Å². The first kappa shape index (κ1) is 15.4. The summed E-state index contributed by atoms with van der Waals surface area (Å²) in [7, 11) is 0. The van der Waals surface area contributed by atoms with Gasteiger partial charge in [0.25, 0.3) is 5.91 Å². The maximum Gasteiger partial charge on any atom is 0.306 e. The molecule has 2 rings (SSSR count). The molecule has 1 amide bonds. The molecule has 1 aromatic rings. The standard InChI is InChI=1S/C16H21NO4/c1-11-3-5-14(6-4-11)21-12(2)15(18)17-9-7-13(8-10-17)16(19)20/h3-6,12-13H,7-10H2,1-2H3,(H,19,20). The summed E-state index contributed by atoms with van der Waals surface area (Å²) in [5.74, 6) is -0.519. The molecule has 1 unspecified atom stereocenters. The summed E-state index contributed by atoms with van der Waals surface area (Å²) in [5, 5.41) is 8.96. The van der Waals surface area contributed by atoms with Crippen LogP contribution in [0.2, 0.25) is 0 Å². The molecule has 1 aliphatic rings. The van der Waals surface area contributed by atoms with Crippen molar-refractivity contribution in [2.24, 2.45) is 5.92 Å². The third-order valence-electron chi connectivity index (χ3n) is 3.84. The molecular formula is C16H21NO4. The van der Waals surface area contributed by atoms with E-state index in [0.29, 0.717) is 31.7 Å². The Hall–Kier alpha value is -2.04. The zero-order chi connectivity index (χ0) is 15.4. The van der Waals surface area contributed by atoms with E-state index in [1.165, 1.54) is 0 Å². The number of hydrogen-bond acceptors (Lipinski definition) is 3. The molecule has 0 spiro atoms. The molecule has 21 heavy (non-hydrogen) atoms. The number of nitrogens with zero attached hydrogens (tertiary/aromatic N) is 1. The maximum absolute atomic E-state index is 12.3. The van der Waals surface area contributed by atoms with E-state index in [1.807, 2.05) is 31.2 Å². The summed E-state index contributed by atoms with van der Waals surface area (Å²) >= 11 is 0. The zero-order valence-corrected chi connectivity index (χ0v) is 12.4. The number of hydrogen-bond donors (Lipinski definition) is 1. The number of amides is 1. The van der Waals surface area contributed by atoms with Gasteiger partial charge < -0.3 is 14.7 Å². The second-order valence-electron chi connectivity index (χ2n) is 5.51. The largest absolute Gasteiger partial charge is 0.481 e. The molecule has 0 radical (unpaired) electrons. The highest BCUT2D eigenvalue weighted by Crippen LogP contribution is 2.19. The van der Waals surface area contributed by atoms with Gasteiger partial charge in [0.05, 0.1) is 5.92 Å². The van der Waals surface area contributed by atoms with Gasteiger partial charge in [-0.1, -0.05) is 17.7 Å². The van der Waals surface area contributed by atoms with Gasteiger partial charge >= 0.3 is 5.97 Å². The van der Waals surface area contributed by atoms with Gasteiger partial charge in [-0.15, -0.1) is 0 Å². The fourth-order valence-corrected chi connectivity index (χ4v) is 2.48. The number of carbonyl (C=O) groups is 2. The molecule has 114 valence electrons. The predicted molar refractivity (Wildman–Crippen MR) is 78.2 cm³/mol. The Morgan fingerprint density at radius 3 is 2.33 bits per heavy atom. The summed E-state index contributed by atoms with van der Waals surface area (Å²) in [6.07, 6.45) is 0.463. The fraction of sp³-hybridized carbons (Fsp3) is 0.500. The van der Waals surface area contributed by atoms with E-state index in [-0.39, 0.29) is 11.8 Å². The molecule has 0 aliphatic carbocycles. The number of ether oxygens (including phenoxy) is 1. The van der Waals surface area contributed by atoms with Crippen LogP contribution in [0.5, 0.6) is 5.75 Å². The summed E-state index contributed by atoms with van der Waals surface area (Å²) in [6, 6.07) is 7.56. The van der Waals surface area contributed by atoms with Crippen molar-refractivity contribution in [3.63, 3.8) is 0 Å². The molecule has 1 atom stereocenters. The molecule has 0 aromatic heterocycles. The van der Waals surface area contributed by atoms with Gasteiger partial charge in [0, 0.05) is 13.1 Å². The summed E-state index contributed by atoms with van der Waals surface area (Å²) in [6.45, 7) is 4.69. The van der Waals surface area contributed by atoms with E-state index in [2.05, 4.69) is 0 Å². The minimum atomic E-state index is -0.772. The first-order valence-corrected chi connectivity index (χ1v) is 7.22. The second kappa shape index (κ2) is 6.61. The van der Waals surface area contributed by atoms with Crippen LogP contribution in [0.1, 0.15) is 25.3 Å². The lowest BCUT2D eigenvalue weighted by molar-refractivity contribution is -0.147. The zero-order valence-electron chi connectivity index (χ0n) is 12.4. The van der Waals surface area contributed by atoms with Crippen molar-refractivity contribution in [3.05, 3.63) is 29.8 Å². The van der Waals surface area contributed by atoms with Crippen molar-refractivity contribution in [3.8, 4) is 5.75 Å². The average molecular weight is 291 g/mol. The van der Waals surface area contributed by atoms with Gasteiger partial charge in [0.15, 0.2) is 6.10 Å². The van der Waals surface area contributed by atoms with Crippen molar-refractivity contribution in [1.29, 1.82) is 0 Å². The quantitative estimate of drug-likeness (QED) is 0.922. The Morgan fingerprint density at radius 2 is 1.81 bits per heavy atom. The number of carbonyl (C=O) groups excluding carboxylic acids is 1. The Morgan fingerprint density at radius 1 is 1.24 bits per heavy atom. The smallest absolute Gasteiger partial charge is 0.306 e. The van der Waals surface area contributed by atoms with Gasteiger partial charge in [0.2, 0.25) is 0 Å². The van der Waals surface area contributed by atoms with E-state index in [0.717, 1.165) is 5.56 Å². The Bertz CT molecular complexity index is 504. The minimum Gasteiger partial charge on any atom is -0.481 e. The third kappa shape index (κ3) is 3.97. The first-order valence-electron chi connectivity index (χ1n) is 7.22. The molecule has 1 aromatic carbocycles. The van der Waals surface area contributed by atoms with E-state index in [4.69, 9.17) is 9.84 Å². The van der Waals surface area contributed by atoms with Crippen molar-refractivity contribution >= 4 is 11.9 Å². The summed E-state index contributed by atoms with van der Waals surface area (Å²) < 4.78 is 5.65. The van der Waals surface area contributed by atoms with Gasteiger partial charge in [-0.2, -0.15) is 0 Å². The number of aliphatic carboxylic acids is 1. The molecule has 5 nitrogen and oxygen atoms in total. The predicted octanol–water partition coefficient (Wildman–Crippen LogP) is 2.09. The van der Waals surface area contributed by atoms with Crippen LogP contribution in [0.4, 0.5) is 0 Å². The lowest BCUT2D eigenvalue weighted by Gasteiger charge is -2.32. The van der Waals surface area contributed by atoms with Crippen molar-refractivity contribution in [2.45, 2.75) is 32.8 Å². The fourth-order valence-electron chi connectivity index (χ4n) is 2.48. The highest BCUT2D eigenvalue weighted by Gasteiger charge is 2.29. The monoisotopic (exact) mass is 291 g/mol. The van der Waals surface area contributed by atoms with Crippen molar-refractivity contribution < 1.29 is 19.4 Å². The number of carboxylic acids is 1. The van der Waals surface area contributed by atoms with E-state index >= 15 is 0 Å². The van der Waals surface area contributed by atoms with Crippen LogP contribution in [0.15, 0.2) is 24.3 Å². The van der Waals surface area contributed by atoms with Gasteiger partial charge in [-0.3, -0.25) is 9.59 Å². The molecule has 1 fully saturated rings. The SMILES string of the molecule is Cc1ccc(OC(C)C(=O)N2CCC(C(=O)O)CC2)cc1. The van der Waals surface area contributed by atoms with Crippen LogP contribution < -0.4 is 4.74 Å². The minimum absolute atomic E-state index is 0.0839. The van der Waals surface area contributed by atoms with Crippen LogP contribution in [0.3, 0.4) is 0 Å². The summed E-state index contributed by atoms with van der Waals surface area (Å²) in [5.41, 5.74) is 1.14. The first-order chi connectivity index (χ1) is 9.97. The van der Waals surface area contributed by atoms with Gasteiger partial charge in [0.1, 0.15) is 5.75 Å². The highest BCUT2D eigenvalue weighted by molar-refractivity contribution is 5.81. The van der Waals surface area contributed by atoms with Gasteiger partial charge in [-0.25, -0.2) is 0 Å². The normalized spacial score (nSPS) is 17.3. The van der Waals surface area contributed by atoms with E-state index in [1.54, 1.807) is 11.8 Å². The maximum atomic E-state index is 12.3. The molecule has 1 saturated heterocycles. The number of benzene rings is 1. The van der Waals surface area contributed by atoms with Crippen LogP contribution in [0.25, 0.3) is 0 Å². The van der Waals surface area contributed by atoms with Crippen molar-refractivity contribution in [1.82, 2.24) is 4.90 Å². The van der Waals surface area contributed by atoms with Crippen LogP contribution in [-0.4, -0.2) is 41.1 Å². The lowest BCUT2D eigenvalue weighted by atomic mass is 9.97. The second-order valence-corrected chi connectivity index (χ2v) is 5.51.